The molecule has 6 nitrogen and oxygen atoms in total. The van der Waals surface area contributed by atoms with Gasteiger partial charge in [0.2, 0.25) is 5.91 Å². The smallest absolute Gasteiger partial charge is 0.243 e. The number of hydrogen-bond donors (Lipinski definition) is 1. The van der Waals surface area contributed by atoms with Crippen LogP contribution in [-0.4, -0.2) is 68.5 Å². The molecule has 2 rings (SSSR count). The van der Waals surface area contributed by atoms with E-state index in [1.54, 1.807) is 19.0 Å². The van der Waals surface area contributed by atoms with Gasteiger partial charge in [-0.15, -0.1) is 0 Å². The first-order chi connectivity index (χ1) is 13.0. The van der Waals surface area contributed by atoms with Crippen LogP contribution in [0.3, 0.4) is 0 Å². The van der Waals surface area contributed by atoms with E-state index in [2.05, 4.69) is 41.2 Å². The second kappa shape index (κ2) is 10.9. The van der Waals surface area contributed by atoms with Crippen LogP contribution >= 0.6 is 0 Å². The van der Waals surface area contributed by atoms with Gasteiger partial charge >= 0.3 is 0 Å². The highest BCUT2D eigenvalue weighted by Crippen LogP contribution is 2.17. The van der Waals surface area contributed by atoms with Crippen molar-refractivity contribution in [3.8, 4) is 0 Å². The molecular weight excluding hydrogens is 340 g/mol. The Balaban J connectivity index is 1.84. The predicted molar refractivity (Wildman–Crippen MR) is 110 cm³/mol. The minimum Gasteiger partial charge on any atom is -0.376 e. The molecule has 0 aliphatic carbocycles. The molecule has 0 aromatic heterocycles. The monoisotopic (exact) mass is 374 g/mol. The van der Waals surface area contributed by atoms with Crippen molar-refractivity contribution in [3.05, 3.63) is 35.9 Å². The molecule has 0 radical (unpaired) electrons. The molecule has 1 aromatic rings. The highest BCUT2D eigenvalue weighted by atomic mass is 16.5. The molecule has 27 heavy (non-hydrogen) atoms. The van der Waals surface area contributed by atoms with Gasteiger partial charge in [0.15, 0.2) is 5.96 Å². The van der Waals surface area contributed by atoms with Gasteiger partial charge < -0.3 is 19.9 Å². The third kappa shape index (κ3) is 7.59. The third-order valence-corrected chi connectivity index (χ3v) is 4.58. The van der Waals surface area contributed by atoms with Crippen molar-refractivity contribution in [1.82, 2.24) is 15.1 Å². The van der Waals surface area contributed by atoms with Gasteiger partial charge in [-0.2, -0.15) is 0 Å². The van der Waals surface area contributed by atoms with E-state index in [9.17, 15) is 4.79 Å². The number of rotatable bonds is 8. The zero-order valence-corrected chi connectivity index (χ0v) is 17.1. The molecule has 1 N–H and O–H groups in total. The van der Waals surface area contributed by atoms with E-state index in [-0.39, 0.29) is 12.5 Å². The van der Waals surface area contributed by atoms with Crippen molar-refractivity contribution in [1.29, 1.82) is 0 Å². The summed E-state index contributed by atoms with van der Waals surface area (Å²) in [6, 6.07) is 10.3. The van der Waals surface area contributed by atoms with Crippen LogP contribution in [0.15, 0.2) is 35.3 Å². The zero-order valence-electron chi connectivity index (χ0n) is 17.1. The summed E-state index contributed by atoms with van der Waals surface area (Å²) in [5.74, 6) is 1.86. The maximum Gasteiger partial charge on any atom is 0.243 e. The van der Waals surface area contributed by atoms with E-state index in [4.69, 9.17) is 4.74 Å². The lowest BCUT2D eigenvalue weighted by atomic mass is 10.1. The quantitative estimate of drug-likeness (QED) is 0.560. The predicted octanol–water partition coefficient (Wildman–Crippen LogP) is 2.21. The molecule has 1 amide bonds. The first-order valence-corrected chi connectivity index (χ1v) is 9.80. The fourth-order valence-corrected chi connectivity index (χ4v) is 2.93. The summed E-state index contributed by atoms with van der Waals surface area (Å²) in [5, 5.41) is 3.42. The van der Waals surface area contributed by atoms with Crippen LogP contribution in [0.1, 0.15) is 25.8 Å². The van der Waals surface area contributed by atoms with E-state index < -0.39 is 0 Å². The van der Waals surface area contributed by atoms with E-state index in [0.717, 1.165) is 38.6 Å². The highest BCUT2D eigenvalue weighted by molar-refractivity contribution is 5.85. The Kier molecular flexibility index (Phi) is 8.58. The van der Waals surface area contributed by atoms with E-state index in [1.807, 2.05) is 18.2 Å². The van der Waals surface area contributed by atoms with Crippen LogP contribution < -0.4 is 5.32 Å². The van der Waals surface area contributed by atoms with Crippen LogP contribution in [-0.2, 0) is 16.1 Å². The van der Waals surface area contributed by atoms with Gasteiger partial charge in [0.05, 0.1) is 13.2 Å². The number of likely N-dealkylation sites (N-methyl/N-ethyl adjacent to an activating group) is 1. The number of carbonyl (C=O) groups excluding carboxylic acids is 1. The molecule has 1 fully saturated rings. The number of hydrogen-bond acceptors (Lipinski definition) is 3. The number of carbonyl (C=O) groups is 1. The number of likely N-dealkylation sites (tertiary alicyclic amines) is 1. The number of nitrogens with one attached hydrogen (secondary N) is 1. The molecule has 1 unspecified atom stereocenters. The van der Waals surface area contributed by atoms with Crippen LogP contribution in [0.5, 0.6) is 0 Å². The Bertz CT molecular complexity index is 601. The molecule has 1 aliphatic rings. The molecule has 6 heteroatoms. The van der Waals surface area contributed by atoms with Crippen LogP contribution in [0.25, 0.3) is 0 Å². The number of nitrogens with zero attached hydrogens (tertiary/aromatic N) is 3. The topological polar surface area (TPSA) is 57.2 Å². The average molecular weight is 375 g/mol. The Morgan fingerprint density at radius 1 is 1.33 bits per heavy atom. The van der Waals surface area contributed by atoms with Crippen molar-refractivity contribution < 1.29 is 9.53 Å². The summed E-state index contributed by atoms with van der Waals surface area (Å²) in [6.45, 7) is 8.62. The highest BCUT2D eigenvalue weighted by Gasteiger charge is 2.25. The Morgan fingerprint density at radius 2 is 2.07 bits per heavy atom. The van der Waals surface area contributed by atoms with Gasteiger partial charge in [-0.3, -0.25) is 4.79 Å². The molecule has 1 aromatic carbocycles. The SMILES string of the molecule is CC(C)CNC(=NCC(=O)N(C)C)N1CCC(COCc2ccccc2)C1. The van der Waals surface area contributed by atoms with Crippen LogP contribution in [0, 0.1) is 11.8 Å². The molecule has 0 saturated carbocycles. The summed E-state index contributed by atoms with van der Waals surface area (Å²) in [7, 11) is 3.52. The minimum atomic E-state index is 0.0146. The fraction of sp³-hybridized carbons (Fsp3) is 0.619. The summed E-state index contributed by atoms with van der Waals surface area (Å²) in [6.07, 6.45) is 1.08. The summed E-state index contributed by atoms with van der Waals surface area (Å²) in [5.41, 5.74) is 1.20. The van der Waals surface area contributed by atoms with Gasteiger partial charge in [0, 0.05) is 39.6 Å². The van der Waals surface area contributed by atoms with Crippen LogP contribution in [0.4, 0.5) is 0 Å². The number of aliphatic imine (C=N–C) groups is 1. The van der Waals surface area contributed by atoms with Crippen molar-refractivity contribution in [2.24, 2.45) is 16.8 Å². The molecular formula is C21H34N4O2. The molecule has 1 aliphatic heterocycles. The number of amides is 1. The summed E-state index contributed by atoms with van der Waals surface area (Å²) < 4.78 is 5.91. The summed E-state index contributed by atoms with van der Waals surface area (Å²) in [4.78, 5) is 20.3. The second-order valence-corrected chi connectivity index (χ2v) is 7.80. The Hall–Kier alpha value is -2.08. The van der Waals surface area contributed by atoms with Gasteiger partial charge in [-0.05, 0) is 17.9 Å². The zero-order chi connectivity index (χ0) is 19.6. The van der Waals surface area contributed by atoms with Crippen molar-refractivity contribution in [3.63, 3.8) is 0 Å². The average Bonchev–Trinajstić information content (AvgIpc) is 3.10. The molecule has 0 spiro atoms. The first-order valence-electron chi connectivity index (χ1n) is 9.80. The number of ether oxygens (including phenoxy) is 1. The standard InChI is InChI=1S/C21H34N4O2/c1-17(2)12-22-21(23-13-20(26)24(3)4)25-11-10-19(14-25)16-27-15-18-8-6-5-7-9-18/h5-9,17,19H,10-16H2,1-4H3,(H,22,23). The lowest BCUT2D eigenvalue weighted by Crippen LogP contribution is -2.42. The van der Waals surface area contributed by atoms with Crippen molar-refractivity contribution in [2.45, 2.75) is 26.9 Å². The maximum atomic E-state index is 11.9. The van der Waals surface area contributed by atoms with Gasteiger partial charge in [-0.25, -0.2) is 4.99 Å². The normalized spacial score (nSPS) is 17.4. The Morgan fingerprint density at radius 3 is 2.74 bits per heavy atom. The number of guanidine groups is 1. The Labute approximate surface area is 163 Å². The van der Waals surface area contributed by atoms with E-state index in [0.29, 0.717) is 18.4 Å². The largest absolute Gasteiger partial charge is 0.376 e. The lowest BCUT2D eigenvalue weighted by molar-refractivity contribution is -0.127. The van der Waals surface area contributed by atoms with Gasteiger partial charge in [-0.1, -0.05) is 44.2 Å². The molecule has 150 valence electrons. The molecule has 0 bridgehead atoms. The minimum absolute atomic E-state index is 0.0146. The van der Waals surface area contributed by atoms with Crippen LogP contribution in [0.2, 0.25) is 0 Å². The lowest BCUT2D eigenvalue weighted by Gasteiger charge is -2.23. The third-order valence-electron chi connectivity index (χ3n) is 4.58. The van der Waals surface area contributed by atoms with Crippen molar-refractivity contribution in [2.75, 3.05) is 46.9 Å². The van der Waals surface area contributed by atoms with Crippen molar-refractivity contribution >= 4 is 11.9 Å². The van der Waals surface area contributed by atoms with E-state index in [1.165, 1.54) is 5.56 Å². The van der Waals surface area contributed by atoms with Gasteiger partial charge in [0.25, 0.3) is 0 Å². The maximum absolute atomic E-state index is 11.9. The van der Waals surface area contributed by atoms with Gasteiger partial charge in [0.1, 0.15) is 6.54 Å². The molecule has 1 atom stereocenters. The molecule has 1 saturated heterocycles. The first kappa shape index (κ1) is 21.2. The summed E-state index contributed by atoms with van der Waals surface area (Å²) >= 11 is 0. The number of benzene rings is 1. The molecule has 1 heterocycles. The van der Waals surface area contributed by atoms with E-state index >= 15 is 0 Å². The fourth-order valence-electron chi connectivity index (χ4n) is 2.93. The second-order valence-electron chi connectivity index (χ2n) is 7.80.